The number of hydrogen-bond donors (Lipinski definition) is 1. The average molecular weight is 238 g/mol. The minimum absolute atomic E-state index is 0.183. The molecule has 1 rings (SSSR count). The molecule has 0 bridgehead atoms. The molecule has 0 fully saturated rings. The maximum Gasteiger partial charge on any atom is 0.123 e. The van der Waals surface area contributed by atoms with Gasteiger partial charge in [0.2, 0.25) is 0 Å². The lowest BCUT2D eigenvalue weighted by Crippen LogP contribution is -2.31. The lowest BCUT2D eigenvalue weighted by atomic mass is 10.1. The van der Waals surface area contributed by atoms with Crippen LogP contribution in [0.25, 0.3) is 0 Å². The topological polar surface area (TPSA) is 29.3 Å². The highest BCUT2D eigenvalue weighted by Gasteiger charge is 2.11. The van der Waals surface area contributed by atoms with Gasteiger partial charge in [-0.3, -0.25) is 4.90 Å². The molecule has 1 aromatic rings. The molecule has 96 valence electrons. The molecule has 0 aliphatic rings. The average Bonchev–Trinajstić information content (AvgIpc) is 2.28. The van der Waals surface area contributed by atoms with Crippen LogP contribution in [0.2, 0.25) is 0 Å². The van der Waals surface area contributed by atoms with Crippen LogP contribution in [-0.2, 0) is 13.1 Å². The molecular weight excluding hydrogens is 215 g/mol. The summed E-state index contributed by atoms with van der Waals surface area (Å²) in [6.07, 6.45) is 1.10. The highest BCUT2D eigenvalue weighted by Crippen LogP contribution is 2.15. The van der Waals surface area contributed by atoms with E-state index in [9.17, 15) is 4.39 Å². The highest BCUT2D eigenvalue weighted by atomic mass is 19.1. The molecule has 0 aromatic heterocycles. The Morgan fingerprint density at radius 3 is 2.53 bits per heavy atom. The summed E-state index contributed by atoms with van der Waals surface area (Å²) in [5.74, 6) is -0.183. The Hall–Kier alpha value is -0.930. The van der Waals surface area contributed by atoms with Gasteiger partial charge in [-0.25, -0.2) is 4.39 Å². The number of nitrogens with zero attached hydrogens (tertiary/aromatic N) is 1. The van der Waals surface area contributed by atoms with Crippen LogP contribution in [0.4, 0.5) is 4.39 Å². The third kappa shape index (κ3) is 4.10. The SMILES string of the molecule is CCCN(Cc1cc(F)ccc1CN)C(C)C. The summed E-state index contributed by atoms with van der Waals surface area (Å²) in [6.45, 7) is 8.75. The van der Waals surface area contributed by atoms with Gasteiger partial charge in [0.15, 0.2) is 0 Å². The van der Waals surface area contributed by atoms with Gasteiger partial charge in [-0.05, 0) is 50.1 Å². The summed E-state index contributed by atoms with van der Waals surface area (Å²) >= 11 is 0. The van der Waals surface area contributed by atoms with Gasteiger partial charge in [0.05, 0.1) is 0 Å². The molecule has 0 saturated carbocycles. The summed E-state index contributed by atoms with van der Waals surface area (Å²) < 4.78 is 13.3. The van der Waals surface area contributed by atoms with Crippen molar-refractivity contribution in [3.05, 3.63) is 35.1 Å². The van der Waals surface area contributed by atoms with Crippen molar-refractivity contribution < 1.29 is 4.39 Å². The van der Waals surface area contributed by atoms with Crippen LogP contribution >= 0.6 is 0 Å². The van der Waals surface area contributed by atoms with Crippen molar-refractivity contribution in [3.8, 4) is 0 Å². The molecule has 0 atom stereocenters. The van der Waals surface area contributed by atoms with Crippen LogP contribution in [0.3, 0.4) is 0 Å². The molecule has 2 N–H and O–H groups in total. The van der Waals surface area contributed by atoms with E-state index in [1.54, 1.807) is 12.1 Å². The lowest BCUT2D eigenvalue weighted by Gasteiger charge is -2.27. The van der Waals surface area contributed by atoms with Gasteiger partial charge in [-0.1, -0.05) is 13.0 Å². The molecule has 3 heteroatoms. The van der Waals surface area contributed by atoms with Crippen molar-refractivity contribution in [1.82, 2.24) is 4.90 Å². The minimum atomic E-state index is -0.183. The molecule has 0 aliphatic carbocycles. The summed E-state index contributed by atoms with van der Waals surface area (Å²) in [4.78, 5) is 2.34. The van der Waals surface area contributed by atoms with Crippen LogP contribution in [-0.4, -0.2) is 17.5 Å². The van der Waals surface area contributed by atoms with Crippen molar-refractivity contribution in [2.45, 2.75) is 46.3 Å². The normalized spacial score (nSPS) is 11.5. The zero-order valence-electron chi connectivity index (χ0n) is 11.0. The Balaban J connectivity index is 2.87. The van der Waals surface area contributed by atoms with Crippen molar-refractivity contribution in [1.29, 1.82) is 0 Å². The molecule has 0 aliphatic heterocycles. The fourth-order valence-electron chi connectivity index (χ4n) is 1.97. The van der Waals surface area contributed by atoms with E-state index in [0.29, 0.717) is 12.6 Å². The van der Waals surface area contributed by atoms with Crippen LogP contribution < -0.4 is 5.73 Å². The van der Waals surface area contributed by atoms with E-state index in [1.165, 1.54) is 6.07 Å². The lowest BCUT2D eigenvalue weighted by molar-refractivity contribution is 0.212. The quantitative estimate of drug-likeness (QED) is 0.825. The van der Waals surface area contributed by atoms with Crippen molar-refractivity contribution in [3.63, 3.8) is 0 Å². The predicted molar refractivity (Wildman–Crippen MR) is 70.1 cm³/mol. The van der Waals surface area contributed by atoms with Gasteiger partial charge < -0.3 is 5.73 Å². The smallest absolute Gasteiger partial charge is 0.123 e. The molecule has 17 heavy (non-hydrogen) atoms. The largest absolute Gasteiger partial charge is 0.326 e. The van der Waals surface area contributed by atoms with Gasteiger partial charge in [0.25, 0.3) is 0 Å². The summed E-state index contributed by atoms with van der Waals surface area (Å²) in [7, 11) is 0. The highest BCUT2D eigenvalue weighted by molar-refractivity contribution is 5.27. The van der Waals surface area contributed by atoms with Gasteiger partial charge >= 0.3 is 0 Å². The van der Waals surface area contributed by atoms with Crippen LogP contribution in [0, 0.1) is 5.82 Å². The van der Waals surface area contributed by atoms with Crippen molar-refractivity contribution >= 4 is 0 Å². The van der Waals surface area contributed by atoms with E-state index in [-0.39, 0.29) is 5.82 Å². The standard InChI is InChI=1S/C14H23FN2/c1-4-7-17(11(2)3)10-13-8-14(15)6-5-12(13)9-16/h5-6,8,11H,4,7,9-10,16H2,1-3H3. The van der Waals surface area contributed by atoms with Gasteiger partial charge in [0.1, 0.15) is 5.82 Å². The first kappa shape index (κ1) is 14.1. The Labute approximate surface area is 104 Å². The zero-order chi connectivity index (χ0) is 12.8. The van der Waals surface area contributed by atoms with Gasteiger partial charge in [-0.15, -0.1) is 0 Å². The zero-order valence-corrected chi connectivity index (χ0v) is 11.0. The molecule has 1 aromatic carbocycles. The van der Waals surface area contributed by atoms with Crippen LogP contribution in [0.1, 0.15) is 38.3 Å². The third-order valence-corrected chi connectivity index (χ3v) is 3.00. The number of nitrogens with two attached hydrogens (primary N) is 1. The Kier molecular flexibility index (Phi) is 5.59. The predicted octanol–water partition coefficient (Wildman–Crippen LogP) is 2.90. The first-order valence-corrected chi connectivity index (χ1v) is 6.29. The van der Waals surface area contributed by atoms with Crippen LogP contribution in [0.15, 0.2) is 18.2 Å². The van der Waals surface area contributed by atoms with E-state index in [0.717, 1.165) is 30.6 Å². The second-order valence-electron chi connectivity index (χ2n) is 4.68. The summed E-state index contributed by atoms with van der Waals surface area (Å²) in [6, 6.07) is 5.33. The molecular formula is C14H23FN2. The van der Waals surface area contributed by atoms with Crippen LogP contribution in [0.5, 0.6) is 0 Å². The molecule has 0 unspecified atom stereocenters. The number of halogens is 1. The number of rotatable bonds is 6. The summed E-state index contributed by atoms with van der Waals surface area (Å²) in [5.41, 5.74) is 7.73. The maximum atomic E-state index is 13.3. The first-order valence-electron chi connectivity index (χ1n) is 6.29. The van der Waals surface area contributed by atoms with Gasteiger partial charge in [-0.2, -0.15) is 0 Å². The Morgan fingerprint density at radius 2 is 2.00 bits per heavy atom. The number of benzene rings is 1. The second-order valence-corrected chi connectivity index (χ2v) is 4.68. The molecule has 0 spiro atoms. The van der Waals surface area contributed by atoms with Crippen molar-refractivity contribution in [2.75, 3.05) is 6.54 Å². The molecule has 0 heterocycles. The Morgan fingerprint density at radius 1 is 1.29 bits per heavy atom. The molecule has 2 nitrogen and oxygen atoms in total. The third-order valence-electron chi connectivity index (χ3n) is 3.00. The molecule has 0 amide bonds. The monoisotopic (exact) mass is 238 g/mol. The molecule has 0 radical (unpaired) electrons. The van der Waals surface area contributed by atoms with E-state index >= 15 is 0 Å². The minimum Gasteiger partial charge on any atom is -0.326 e. The van der Waals surface area contributed by atoms with Crippen molar-refractivity contribution in [2.24, 2.45) is 5.73 Å². The fourth-order valence-corrected chi connectivity index (χ4v) is 1.97. The first-order chi connectivity index (χ1) is 8.08. The second kappa shape index (κ2) is 6.72. The molecule has 0 saturated heterocycles. The van der Waals surface area contributed by atoms with E-state index in [4.69, 9.17) is 5.73 Å². The fraction of sp³-hybridized carbons (Fsp3) is 0.571. The maximum absolute atomic E-state index is 13.3. The van der Waals surface area contributed by atoms with E-state index in [2.05, 4.69) is 25.7 Å². The van der Waals surface area contributed by atoms with E-state index in [1.807, 2.05) is 0 Å². The number of hydrogen-bond acceptors (Lipinski definition) is 2. The summed E-state index contributed by atoms with van der Waals surface area (Å²) in [5, 5.41) is 0. The Bertz CT molecular complexity index is 350. The van der Waals surface area contributed by atoms with Gasteiger partial charge in [0, 0.05) is 19.1 Å². The van der Waals surface area contributed by atoms with E-state index < -0.39 is 0 Å².